The van der Waals surface area contributed by atoms with E-state index >= 15 is 0 Å². The van der Waals surface area contributed by atoms with Crippen molar-refractivity contribution in [3.63, 3.8) is 0 Å². The SMILES string of the molecule is CC(C(=O)O)c1ccc(NC(=O)CSCC(F)(F)F)cc1. The predicted molar refractivity (Wildman–Crippen MR) is 74.5 cm³/mol. The highest BCUT2D eigenvalue weighted by Crippen LogP contribution is 2.21. The monoisotopic (exact) mass is 321 g/mol. The molecule has 0 saturated carbocycles. The van der Waals surface area contributed by atoms with Gasteiger partial charge in [0.05, 0.1) is 17.4 Å². The highest BCUT2D eigenvalue weighted by molar-refractivity contribution is 8.00. The summed E-state index contributed by atoms with van der Waals surface area (Å²) in [6, 6.07) is 6.14. The van der Waals surface area contributed by atoms with E-state index in [9.17, 15) is 22.8 Å². The predicted octanol–water partition coefficient (Wildman–Crippen LogP) is 3.11. The van der Waals surface area contributed by atoms with Crippen LogP contribution in [0.4, 0.5) is 18.9 Å². The summed E-state index contributed by atoms with van der Waals surface area (Å²) in [5, 5.41) is 11.3. The van der Waals surface area contributed by atoms with Gasteiger partial charge in [-0.1, -0.05) is 12.1 Å². The average molecular weight is 321 g/mol. The van der Waals surface area contributed by atoms with Crippen molar-refractivity contribution >= 4 is 29.3 Å². The lowest BCUT2D eigenvalue weighted by Gasteiger charge is -2.09. The summed E-state index contributed by atoms with van der Waals surface area (Å²) in [5.74, 6) is -3.54. The van der Waals surface area contributed by atoms with E-state index in [4.69, 9.17) is 5.11 Å². The number of benzene rings is 1. The summed E-state index contributed by atoms with van der Waals surface area (Å²) >= 11 is 0.485. The Morgan fingerprint density at radius 2 is 1.86 bits per heavy atom. The fourth-order valence-corrected chi connectivity index (χ4v) is 2.05. The Morgan fingerprint density at radius 1 is 1.29 bits per heavy atom. The van der Waals surface area contributed by atoms with Crippen LogP contribution in [-0.4, -0.2) is 34.7 Å². The topological polar surface area (TPSA) is 66.4 Å². The molecule has 1 rings (SSSR count). The molecule has 1 atom stereocenters. The minimum atomic E-state index is -4.29. The molecule has 0 heterocycles. The van der Waals surface area contributed by atoms with E-state index < -0.39 is 29.7 Å². The number of carboxylic acid groups (broad SMARTS) is 1. The average Bonchev–Trinajstić information content (AvgIpc) is 2.37. The summed E-state index contributed by atoms with van der Waals surface area (Å²) in [5.41, 5.74) is 0.987. The van der Waals surface area contributed by atoms with E-state index in [0.29, 0.717) is 23.0 Å². The van der Waals surface area contributed by atoms with Gasteiger partial charge in [-0.3, -0.25) is 9.59 Å². The molecule has 1 aromatic carbocycles. The Morgan fingerprint density at radius 3 is 2.33 bits per heavy atom. The van der Waals surface area contributed by atoms with Crippen molar-refractivity contribution in [2.45, 2.75) is 19.0 Å². The highest BCUT2D eigenvalue weighted by Gasteiger charge is 2.27. The normalized spacial score (nSPS) is 12.8. The molecule has 0 bridgehead atoms. The third-order valence-electron chi connectivity index (χ3n) is 2.56. The van der Waals surface area contributed by atoms with Gasteiger partial charge in [0.1, 0.15) is 0 Å². The van der Waals surface area contributed by atoms with Gasteiger partial charge < -0.3 is 10.4 Å². The number of hydrogen-bond donors (Lipinski definition) is 2. The first-order valence-electron chi connectivity index (χ1n) is 5.96. The molecule has 0 spiro atoms. The first kappa shape index (κ1) is 17.4. The Labute approximate surface area is 123 Å². The second kappa shape index (κ2) is 7.35. The maximum Gasteiger partial charge on any atom is 0.397 e. The van der Waals surface area contributed by atoms with Crippen LogP contribution in [0.1, 0.15) is 18.4 Å². The van der Waals surface area contributed by atoms with Gasteiger partial charge in [-0.15, -0.1) is 11.8 Å². The van der Waals surface area contributed by atoms with Crippen LogP contribution in [0, 0.1) is 0 Å². The van der Waals surface area contributed by atoms with Crippen LogP contribution in [0.15, 0.2) is 24.3 Å². The molecule has 1 amide bonds. The number of amides is 1. The van der Waals surface area contributed by atoms with Crippen LogP contribution in [0.3, 0.4) is 0 Å². The number of halogens is 3. The molecule has 0 radical (unpaired) electrons. The third-order valence-corrected chi connectivity index (χ3v) is 3.56. The molecule has 2 N–H and O–H groups in total. The number of aliphatic carboxylic acids is 1. The smallest absolute Gasteiger partial charge is 0.397 e. The molecule has 0 aliphatic rings. The lowest BCUT2D eigenvalue weighted by atomic mass is 10.0. The van der Waals surface area contributed by atoms with Gasteiger partial charge in [0.25, 0.3) is 0 Å². The second-order valence-corrected chi connectivity index (χ2v) is 5.32. The van der Waals surface area contributed by atoms with Crippen LogP contribution < -0.4 is 5.32 Å². The van der Waals surface area contributed by atoms with E-state index in [2.05, 4.69) is 5.32 Å². The van der Waals surface area contributed by atoms with Gasteiger partial charge >= 0.3 is 12.1 Å². The van der Waals surface area contributed by atoms with Crippen LogP contribution >= 0.6 is 11.8 Å². The number of anilines is 1. The van der Waals surface area contributed by atoms with Crippen LogP contribution in [0.5, 0.6) is 0 Å². The zero-order chi connectivity index (χ0) is 16.0. The van der Waals surface area contributed by atoms with Crippen molar-refractivity contribution in [1.82, 2.24) is 0 Å². The van der Waals surface area contributed by atoms with Gasteiger partial charge in [-0.25, -0.2) is 0 Å². The van der Waals surface area contributed by atoms with E-state index in [0.717, 1.165) is 0 Å². The molecule has 1 unspecified atom stereocenters. The third kappa shape index (κ3) is 6.52. The van der Waals surface area contributed by atoms with Gasteiger partial charge in [-0.05, 0) is 24.6 Å². The molecule has 8 heteroatoms. The minimum absolute atomic E-state index is 0.299. The van der Waals surface area contributed by atoms with Gasteiger partial charge in [0.15, 0.2) is 0 Å². The number of carboxylic acids is 1. The molecular formula is C13H14F3NO3S. The van der Waals surface area contributed by atoms with Crippen LogP contribution in [-0.2, 0) is 9.59 Å². The van der Waals surface area contributed by atoms with Crippen molar-refractivity contribution < 1.29 is 27.9 Å². The fraction of sp³-hybridized carbons (Fsp3) is 0.385. The van der Waals surface area contributed by atoms with Gasteiger partial charge in [0.2, 0.25) is 5.91 Å². The number of rotatable bonds is 6. The Bertz CT molecular complexity index is 502. The summed E-state index contributed by atoms with van der Waals surface area (Å²) in [7, 11) is 0. The molecule has 4 nitrogen and oxygen atoms in total. The number of alkyl halides is 3. The minimum Gasteiger partial charge on any atom is -0.481 e. The van der Waals surface area contributed by atoms with Crippen LogP contribution in [0.2, 0.25) is 0 Å². The first-order chi connectivity index (χ1) is 9.69. The molecule has 116 valence electrons. The van der Waals surface area contributed by atoms with Gasteiger partial charge in [-0.2, -0.15) is 13.2 Å². The van der Waals surface area contributed by atoms with Crippen molar-refractivity contribution in [2.24, 2.45) is 0 Å². The molecule has 0 fully saturated rings. The standard InChI is InChI=1S/C13H14F3NO3S/c1-8(12(19)20)9-2-4-10(5-3-9)17-11(18)6-21-7-13(14,15)16/h2-5,8H,6-7H2,1H3,(H,17,18)(H,19,20). The molecular weight excluding hydrogens is 307 g/mol. The number of carbonyl (C=O) groups excluding carboxylic acids is 1. The van der Waals surface area contributed by atoms with Gasteiger partial charge in [0, 0.05) is 5.69 Å². The number of nitrogens with one attached hydrogen (secondary N) is 1. The number of hydrogen-bond acceptors (Lipinski definition) is 3. The van der Waals surface area contributed by atoms with E-state index in [1.54, 1.807) is 12.1 Å². The Hall–Kier alpha value is -1.70. The lowest BCUT2D eigenvalue weighted by molar-refractivity contribution is -0.138. The van der Waals surface area contributed by atoms with Crippen molar-refractivity contribution in [1.29, 1.82) is 0 Å². The molecule has 0 aliphatic carbocycles. The summed E-state index contributed by atoms with van der Waals surface area (Å²) in [6.07, 6.45) is -4.29. The second-order valence-electron chi connectivity index (χ2n) is 4.34. The summed E-state index contributed by atoms with van der Waals surface area (Å²) < 4.78 is 35.8. The fourth-order valence-electron chi connectivity index (χ4n) is 1.45. The van der Waals surface area contributed by atoms with E-state index in [1.807, 2.05) is 0 Å². The van der Waals surface area contributed by atoms with Crippen molar-refractivity contribution in [2.75, 3.05) is 16.8 Å². The maximum atomic E-state index is 11.9. The lowest BCUT2D eigenvalue weighted by Crippen LogP contribution is -2.18. The Kier molecular flexibility index (Phi) is 6.07. The molecule has 1 aromatic rings. The highest BCUT2D eigenvalue weighted by atomic mass is 32.2. The quantitative estimate of drug-likeness (QED) is 0.845. The van der Waals surface area contributed by atoms with Crippen molar-refractivity contribution in [3.8, 4) is 0 Å². The van der Waals surface area contributed by atoms with E-state index in [-0.39, 0.29) is 5.75 Å². The van der Waals surface area contributed by atoms with Crippen molar-refractivity contribution in [3.05, 3.63) is 29.8 Å². The number of thioether (sulfide) groups is 1. The maximum absolute atomic E-state index is 11.9. The van der Waals surface area contributed by atoms with E-state index in [1.165, 1.54) is 19.1 Å². The molecule has 0 aromatic heterocycles. The Balaban J connectivity index is 2.48. The summed E-state index contributed by atoms with van der Waals surface area (Å²) in [6.45, 7) is 1.53. The zero-order valence-electron chi connectivity index (χ0n) is 11.1. The van der Waals surface area contributed by atoms with Crippen LogP contribution in [0.25, 0.3) is 0 Å². The first-order valence-corrected chi connectivity index (χ1v) is 7.11. The largest absolute Gasteiger partial charge is 0.481 e. The number of carbonyl (C=O) groups is 2. The molecule has 0 aliphatic heterocycles. The molecule has 21 heavy (non-hydrogen) atoms. The summed E-state index contributed by atoms with van der Waals surface area (Å²) in [4.78, 5) is 22.2. The molecule has 0 saturated heterocycles. The zero-order valence-corrected chi connectivity index (χ0v) is 11.9.